The van der Waals surface area contributed by atoms with Crippen LogP contribution < -0.4 is 0 Å². The highest BCUT2D eigenvalue weighted by molar-refractivity contribution is 5.60. The van der Waals surface area contributed by atoms with Crippen LogP contribution in [0.1, 0.15) is 0 Å². The topological polar surface area (TPSA) is 28.7 Å². The Kier molecular flexibility index (Phi) is 0.803. The van der Waals surface area contributed by atoms with E-state index in [-0.39, 0.29) is 0 Å². The lowest BCUT2D eigenvalue weighted by Gasteiger charge is -1.93. The Morgan fingerprint density at radius 3 is 3.22 bits per heavy atom. The van der Waals surface area contributed by atoms with E-state index in [2.05, 4.69) is 9.97 Å². The minimum Gasteiger partial charge on any atom is -0.346 e. The predicted molar refractivity (Wildman–Crippen MR) is 35.2 cm³/mol. The monoisotopic (exact) mass is 118 g/mol. The molecule has 0 aromatic rings. The maximum atomic E-state index is 3.93. The van der Waals surface area contributed by atoms with Crippen molar-refractivity contribution in [1.29, 1.82) is 0 Å². The summed E-state index contributed by atoms with van der Waals surface area (Å²) >= 11 is 0. The average Bonchev–Trinajstić information content (AvgIpc) is 2.33. The average molecular weight is 118 g/mol. The molecule has 0 aromatic carbocycles. The number of fused-ring (bicyclic) bond motifs is 1. The third kappa shape index (κ3) is 0.598. The highest BCUT2D eigenvalue weighted by atomic mass is 14.8. The Hall–Kier alpha value is -1.31. The molecule has 44 valence electrons. The molecule has 2 nitrogen and oxygen atoms in total. The van der Waals surface area contributed by atoms with Crippen LogP contribution in [0, 0.1) is 0 Å². The molecular formula is C7H6N2. The predicted octanol–water partition coefficient (Wildman–Crippen LogP) is 1.51. The smallest absolute Gasteiger partial charge is 0.0923 e. The van der Waals surface area contributed by atoms with Crippen molar-refractivity contribution in [2.45, 2.75) is 0 Å². The first-order valence-electron chi connectivity index (χ1n) is 2.84. The number of aromatic nitrogens is 2. The van der Waals surface area contributed by atoms with Crippen molar-refractivity contribution in [2.75, 3.05) is 0 Å². The van der Waals surface area contributed by atoms with Gasteiger partial charge >= 0.3 is 0 Å². The van der Waals surface area contributed by atoms with E-state index in [4.69, 9.17) is 0 Å². The van der Waals surface area contributed by atoms with Crippen LogP contribution in [0.5, 0.6) is 0 Å². The molecule has 0 bridgehead atoms. The largest absolute Gasteiger partial charge is 0.346 e. The van der Waals surface area contributed by atoms with Crippen LogP contribution >= 0.6 is 0 Å². The Balaban J connectivity index is 2.79. The Morgan fingerprint density at radius 2 is 2.33 bits per heavy atom. The molecule has 2 rings (SSSR count). The molecule has 0 fully saturated rings. The summed E-state index contributed by atoms with van der Waals surface area (Å²) in [6.07, 6.45) is 3.52. The van der Waals surface area contributed by atoms with Crippen molar-refractivity contribution < 1.29 is 0 Å². The summed E-state index contributed by atoms with van der Waals surface area (Å²) in [5.41, 5.74) is 2.31. The highest BCUT2D eigenvalue weighted by Crippen LogP contribution is 2.16. The van der Waals surface area contributed by atoms with Gasteiger partial charge < -0.3 is 4.98 Å². The van der Waals surface area contributed by atoms with Crippen LogP contribution in [-0.4, -0.2) is 9.97 Å². The van der Waals surface area contributed by atoms with Crippen molar-refractivity contribution in [1.82, 2.24) is 9.97 Å². The zero-order valence-corrected chi connectivity index (χ0v) is 4.83. The van der Waals surface area contributed by atoms with Gasteiger partial charge in [-0.1, -0.05) is 12.1 Å². The van der Waals surface area contributed by atoms with E-state index >= 15 is 0 Å². The molecule has 9 heavy (non-hydrogen) atoms. The Labute approximate surface area is 52.9 Å². The van der Waals surface area contributed by atoms with Gasteiger partial charge in [-0.3, -0.25) is 0 Å². The molecule has 1 N–H and O–H groups in total. The van der Waals surface area contributed by atoms with Crippen molar-refractivity contribution in [3.05, 3.63) is 30.7 Å². The summed E-state index contributed by atoms with van der Waals surface area (Å²) in [6, 6.07) is 6.05. The van der Waals surface area contributed by atoms with Crippen molar-refractivity contribution in [2.24, 2.45) is 0 Å². The summed E-state index contributed by atoms with van der Waals surface area (Å²) < 4.78 is 0. The summed E-state index contributed by atoms with van der Waals surface area (Å²) in [4.78, 5) is 6.95. The van der Waals surface area contributed by atoms with E-state index in [1.54, 1.807) is 6.33 Å². The zero-order chi connectivity index (χ0) is 6.10. The second kappa shape index (κ2) is 1.58. The SMILES string of the molecule is c1cc2cnc[nH]c-2c1. The van der Waals surface area contributed by atoms with Crippen LogP contribution in [0.15, 0.2) is 30.7 Å². The quantitative estimate of drug-likeness (QED) is 0.558. The molecule has 1 heterocycles. The van der Waals surface area contributed by atoms with Gasteiger partial charge in [-0.25, -0.2) is 4.98 Å². The minimum atomic E-state index is 1.14. The van der Waals surface area contributed by atoms with Crippen molar-refractivity contribution in [3.63, 3.8) is 0 Å². The van der Waals surface area contributed by atoms with E-state index < -0.39 is 0 Å². The maximum Gasteiger partial charge on any atom is 0.0923 e. The third-order valence-corrected chi connectivity index (χ3v) is 1.36. The molecule has 2 heteroatoms. The molecule has 0 radical (unpaired) electrons. The van der Waals surface area contributed by atoms with Gasteiger partial charge in [0.25, 0.3) is 0 Å². The first-order valence-corrected chi connectivity index (χ1v) is 2.84. The number of nitrogens with one attached hydrogen (secondary N) is 1. The molecule has 1 aliphatic heterocycles. The summed E-state index contributed by atoms with van der Waals surface area (Å²) in [6.45, 7) is 0. The van der Waals surface area contributed by atoms with Gasteiger partial charge in [0.15, 0.2) is 0 Å². The van der Waals surface area contributed by atoms with Gasteiger partial charge in [0.2, 0.25) is 0 Å². The van der Waals surface area contributed by atoms with Crippen LogP contribution in [0.3, 0.4) is 0 Å². The minimum absolute atomic E-state index is 1.14. The second-order valence-electron chi connectivity index (χ2n) is 1.95. The van der Waals surface area contributed by atoms with E-state index in [9.17, 15) is 0 Å². The zero-order valence-electron chi connectivity index (χ0n) is 4.83. The number of hydrogen-bond acceptors (Lipinski definition) is 1. The van der Waals surface area contributed by atoms with Gasteiger partial charge in [0.1, 0.15) is 0 Å². The molecule has 1 aliphatic carbocycles. The van der Waals surface area contributed by atoms with Crippen LogP contribution in [-0.2, 0) is 0 Å². The van der Waals surface area contributed by atoms with E-state index in [0.29, 0.717) is 0 Å². The van der Waals surface area contributed by atoms with Crippen molar-refractivity contribution in [3.8, 4) is 11.3 Å². The lowest BCUT2D eigenvalue weighted by Crippen LogP contribution is -1.79. The van der Waals surface area contributed by atoms with Gasteiger partial charge in [-0.15, -0.1) is 0 Å². The molecule has 0 saturated heterocycles. The molecular weight excluding hydrogens is 112 g/mol. The molecule has 2 aliphatic rings. The number of nitrogens with zero attached hydrogens (tertiary/aromatic N) is 1. The van der Waals surface area contributed by atoms with Crippen molar-refractivity contribution >= 4 is 0 Å². The van der Waals surface area contributed by atoms with Crippen LogP contribution in [0.2, 0.25) is 0 Å². The third-order valence-electron chi connectivity index (χ3n) is 1.36. The van der Waals surface area contributed by atoms with Gasteiger partial charge in [0, 0.05) is 17.5 Å². The summed E-state index contributed by atoms with van der Waals surface area (Å²) in [5.74, 6) is 0. The van der Waals surface area contributed by atoms with Crippen LogP contribution in [0.25, 0.3) is 11.3 Å². The number of hydrogen-bond donors (Lipinski definition) is 1. The van der Waals surface area contributed by atoms with Gasteiger partial charge in [-0.2, -0.15) is 0 Å². The van der Waals surface area contributed by atoms with Gasteiger partial charge in [0.05, 0.1) is 6.33 Å². The Bertz CT molecular complexity index is 247. The standard InChI is InChI=1S/C7H6N2/c1-2-6-4-8-5-9-7(6)3-1/h1-5H,(H,8,9). The lowest BCUT2D eigenvalue weighted by molar-refractivity contribution is 1.18. The molecule has 0 saturated carbocycles. The fourth-order valence-electron chi connectivity index (χ4n) is 0.902. The second-order valence-corrected chi connectivity index (χ2v) is 1.95. The maximum absolute atomic E-state index is 3.93. The van der Waals surface area contributed by atoms with Gasteiger partial charge in [-0.05, 0) is 6.07 Å². The van der Waals surface area contributed by atoms with Crippen LogP contribution in [0.4, 0.5) is 0 Å². The van der Waals surface area contributed by atoms with E-state index in [1.807, 2.05) is 24.4 Å². The molecule has 0 amide bonds. The molecule has 0 atom stereocenters. The fraction of sp³-hybridized carbons (Fsp3) is 0. The number of rotatable bonds is 0. The highest BCUT2D eigenvalue weighted by Gasteiger charge is 1.96. The normalized spacial score (nSPS) is 10.2. The number of aromatic amines is 1. The summed E-state index contributed by atoms with van der Waals surface area (Å²) in [5, 5.41) is 0. The fourth-order valence-corrected chi connectivity index (χ4v) is 0.902. The first-order chi connectivity index (χ1) is 4.47. The summed E-state index contributed by atoms with van der Waals surface area (Å²) in [7, 11) is 0. The molecule has 0 aromatic heterocycles. The Morgan fingerprint density at radius 1 is 1.33 bits per heavy atom. The molecule has 0 spiro atoms. The van der Waals surface area contributed by atoms with E-state index in [1.165, 1.54) is 0 Å². The lowest BCUT2D eigenvalue weighted by atomic mass is 10.3. The van der Waals surface area contributed by atoms with E-state index in [0.717, 1.165) is 11.3 Å². The number of H-pyrrole nitrogens is 1. The first kappa shape index (κ1) is 4.56. The molecule has 0 unspecified atom stereocenters.